The topological polar surface area (TPSA) is 87.7 Å². The van der Waals surface area contributed by atoms with Gasteiger partial charge >= 0.3 is 6.03 Å². The number of carbonyl (C=O) groups is 3. The molecule has 2 fully saturated rings. The number of carbonyl (C=O) groups excluding carboxylic acids is 3. The molecule has 0 atom stereocenters. The summed E-state index contributed by atoms with van der Waals surface area (Å²) < 4.78 is 5.86. The van der Waals surface area contributed by atoms with Crippen LogP contribution in [-0.2, 0) is 9.59 Å². The Hall–Kier alpha value is -2.57. The Labute approximate surface area is 172 Å². The highest BCUT2D eigenvalue weighted by Crippen LogP contribution is 2.33. The quantitative estimate of drug-likeness (QED) is 0.543. The van der Waals surface area contributed by atoms with Gasteiger partial charge in [-0.25, -0.2) is 4.79 Å². The zero-order valence-electron chi connectivity index (χ0n) is 17.5. The van der Waals surface area contributed by atoms with E-state index in [0.717, 1.165) is 41.0 Å². The molecule has 1 aromatic carbocycles. The fourth-order valence-corrected chi connectivity index (χ4v) is 4.11. The first-order valence-electron chi connectivity index (χ1n) is 10.5. The summed E-state index contributed by atoms with van der Waals surface area (Å²) in [5.74, 6) is 0.530. The second-order valence-corrected chi connectivity index (χ2v) is 8.36. The molecule has 2 N–H and O–H groups in total. The van der Waals surface area contributed by atoms with Crippen molar-refractivity contribution in [2.75, 3.05) is 19.7 Å². The highest BCUT2D eigenvalue weighted by Gasteiger charge is 2.51. The molecule has 0 unspecified atom stereocenters. The molecule has 1 aliphatic heterocycles. The van der Waals surface area contributed by atoms with Gasteiger partial charge in [-0.1, -0.05) is 45.2 Å². The normalized spacial score (nSPS) is 18.3. The Bertz CT molecular complexity index is 784. The van der Waals surface area contributed by atoms with Crippen LogP contribution < -0.4 is 15.4 Å². The average Bonchev–Trinajstić information content (AvgIpc) is 2.89. The van der Waals surface area contributed by atoms with Crippen LogP contribution in [0, 0.1) is 6.92 Å². The van der Waals surface area contributed by atoms with E-state index in [-0.39, 0.29) is 18.4 Å². The Balaban J connectivity index is 1.48. The van der Waals surface area contributed by atoms with Crippen molar-refractivity contribution in [2.24, 2.45) is 0 Å². The van der Waals surface area contributed by atoms with E-state index in [4.69, 9.17) is 4.74 Å². The number of ether oxygens (including phenoxy) is 1. The minimum atomic E-state index is -0.795. The summed E-state index contributed by atoms with van der Waals surface area (Å²) in [6, 6.07) is 5.64. The second-order valence-electron chi connectivity index (χ2n) is 8.36. The third-order valence-electron chi connectivity index (χ3n) is 5.73. The number of nitrogens with one attached hydrogen (secondary N) is 2. The lowest BCUT2D eigenvalue weighted by atomic mass is 9.82. The molecule has 1 saturated carbocycles. The van der Waals surface area contributed by atoms with Gasteiger partial charge in [0.15, 0.2) is 0 Å². The van der Waals surface area contributed by atoms with Crippen LogP contribution >= 0.6 is 0 Å². The zero-order chi connectivity index (χ0) is 21.0. The van der Waals surface area contributed by atoms with Crippen LogP contribution in [0.1, 0.15) is 63.0 Å². The molecular weight excluding hydrogens is 370 g/mol. The largest absolute Gasteiger partial charge is 0.491 e. The standard InChI is InChI=1S/C22H31N3O4/c1-15(2)17-8-7-16(3)13-18(17)29-12-11-23-19(26)14-25-20(27)22(24-21(25)28)9-5-4-6-10-22/h7-8,13,15H,4-6,9-12,14H2,1-3H3,(H,23,26)(H,24,28). The van der Waals surface area contributed by atoms with Gasteiger partial charge in [-0.05, 0) is 42.9 Å². The number of nitrogens with zero attached hydrogens (tertiary/aromatic N) is 1. The van der Waals surface area contributed by atoms with Crippen LogP contribution in [0.15, 0.2) is 18.2 Å². The fourth-order valence-electron chi connectivity index (χ4n) is 4.11. The number of hydrogen-bond donors (Lipinski definition) is 2. The lowest BCUT2D eigenvalue weighted by Crippen LogP contribution is -2.49. The van der Waals surface area contributed by atoms with Crippen LogP contribution in [0.2, 0.25) is 0 Å². The van der Waals surface area contributed by atoms with E-state index < -0.39 is 11.6 Å². The van der Waals surface area contributed by atoms with Gasteiger partial charge in [0.25, 0.3) is 5.91 Å². The van der Waals surface area contributed by atoms with Gasteiger partial charge in [0.2, 0.25) is 5.91 Å². The van der Waals surface area contributed by atoms with E-state index in [1.165, 1.54) is 0 Å². The van der Waals surface area contributed by atoms with Crippen molar-refractivity contribution in [3.8, 4) is 5.75 Å². The van der Waals surface area contributed by atoms with Gasteiger partial charge in [0.05, 0.1) is 6.54 Å². The first kappa shape index (κ1) is 21.1. The van der Waals surface area contributed by atoms with E-state index in [0.29, 0.717) is 31.9 Å². The molecule has 1 spiro atoms. The highest BCUT2D eigenvalue weighted by atomic mass is 16.5. The highest BCUT2D eigenvalue weighted by molar-refractivity contribution is 6.09. The first-order chi connectivity index (χ1) is 13.8. The predicted octanol–water partition coefficient (Wildman–Crippen LogP) is 2.87. The second kappa shape index (κ2) is 8.84. The third-order valence-corrected chi connectivity index (χ3v) is 5.73. The summed E-state index contributed by atoms with van der Waals surface area (Å²) in [6.45, 7) is 6.59. The van der Waals surface area contributed by atoms with Crippen molar-refractivity contribution in [1.82, 2.24) is 15.5 Å². The van der Waals surface area contributed by atoms with Gasteiger partial charge in [-0.3, -0.25) is 14.5 Å². The van der Waals surface area contributed by atoms with Crippen molar-refractivity contribution < 1.29 is 19.1 Å². The van der Waals surface area contributed by atoms with E-state index in [1.54, 1.807) is 0 Å². The lowest BCUT2D eigenvalue weighted by Gasteiger charge is -2.30. The van der Waals surface area contributed by atoms with Crippen molar-refractivity contribution >= 4 is 17.8 Å². The van der Waals surface area contributed by atoms with Crippen molar-refractivity contribution in [3.63, 3.8) is 0 Å². The van der Waals surface area contributed by atoms with E-state index in [9.17, 15) is 14.4 Å². The van der Waals surface area contributed by atoms with Gasteiger partial charge in [0, 0.05) is 0 Å². The van der Waals surface area contributed by atoms with E-state index >= 15 is 0 Å². The summed E-state index contributed by atoms with van der Waals surface area (Å²) in [6.07, 6.45) is 4.21. The third kappa shape index (κ3) is 4.71. The number of hydrogen-bond acceptors (Lipinski definition) is 4. The van der Waals surface area contributed by atoms with Crippen molar-refractivity contribution in [3.05, 3.63) is 29.3 Å². The lowest BCUT2D eigenvalue weighted by molar-refractivity contribution is -0.135. The number of rotatable bonds is 7. The fraction of sp³-hybridized carbons (Fsp3) is 0.591. The maximum absolute atomic E-state index is 12.7. The van der Waals surface area contributed by atoms with Crippen LogP contribution in [0.5, 0.6) is 5.75 Å². The molecule has 0 radical (unpaired) electrons. The molecular formula is C22H31N3O4. The molecule has 1 heterocycles. The Morgan fingerprint density at radius 2 is 1.97 bits per heavy atom. The number of amides is 4. The molecule has 0 bridgehead atoms. The molecule has 7 heteroatoms. The van der Waals surface area contributed by atoms with Gasteiger partial charge in [-0.2, -0.15) is 0 Å². The molecule has 1 saturated heterocycles. The van der Waals surface area contributed by atoms with Crippen LogP contribution in [0.3, 0.4) is 0 Å². The smallest absolute Gasteiger partial charge is 0.325 e. The SMILES string of the molecule is Cc1ccc(C(C)C)c(OCCNC(=O)CN2C(=O)NC3(CCCCC3)C2=O)c1. The Kier molecular flexibility index (Phi) is 6.45. The summed E-state index contributed by atoms with van der Waals surface area (Å²) >= 11 is 0. The Morgan fingerprint density at radius 3 is 2.66 bits per heavy atom. The summed E-state index contributed by atoms with van der Waals surface area (Å²) in [5.41, 5.74) is 1.44. The number of aryl methyl sites for hydroxylation is 1. The zero-order valence-corrected chi connectivity index (χ0v) is 17.5. The predicted molar refractivity (Wildman–Crippen MR) is 110 cm³/mol. The van der Waals surface area contributed by atoms with Crippen molar-refractivity contribution in [2.45, 2.75) is 64.3 Å². The average molecular weight is 402 g/mol. The minimum absolute atomic E-state index is 0.256. The molecule has 3 rings (SSSR count). The molecule has 1 aromatic rings. The maximum Gasteiger partial charge on any atom is 0.325 e. The number of urea groups is 1. The summed E-state index contributed by atoms with van der Waals surface area (Å²) in [5, 5.41) is 5.56. The molecule has 7 nitrogen and oxygen atoms in total. The molecule has 2 aliphatic rings. The molecule has 29 heavy (non-hydrogen) atoms. The first-order valence-corrected chi connectivity index (χ1v) is 10.5. The maximum atomic E-state index is 12.7. The van der Waals surface area contributed by atoms with Crippen molar-refractivity contribution in [1.29, 1.82) is 0 Å². The Morgan fingerprint density at radius 1 is 1.24 bits per heavy atom. The van der Waals surface area contributed by atoms with Gasteiger partial charge in [0.1, 0.15) is 24.4 Å². The van der Waals surface area contributed by atoms with E-state index in [1.807, 2.05) is 13.0 Å². The molecule has 1 aliphatic carbocycles. The van der Waals surface area contributed by atoms with Crippen LogP contribution in [0.4, 0.5) is 4.79 Å². The number of benzene rings is 1. The number of imide groups is 1. The monoisotopic (exact) mass is 401 g/mol. The minimum Gasteiger partial charge on any atom is -0.491 e. The molecule has 0 aromatic heterocycles. The summed E-state index contributed by atoms with van der Waals surface area (Å²) in [4.78, 5) is 38.2. The van der Waals surface area contributed by atoms with Crippen LogP contribution in [-0.4, -0.2) is 48.0 Å². The summed E-state index contributed by atoms with van der Waals surface area (Å²) in [7, 11) is 0. The molecule has 4 amide bonds. The van der Waals surface area contributed by atoms with Gasteiger partial charge in [-0.15, -0.1) is 0 Å². The van der Waals surface area contributed by atoms with Crippen LogP contribution in [0.25, 0.3) is 0 Å². The van der Waals surface area contributed by atoms with E-state index in [2.05, 4.69) is 36.6 Å². The molecule has 158 valence electrons. The van der Waals surface area contributed by atoms with Gasteiger partial charge < -0.3 is 15.4 Å².